The molecule has 2 N–H and O–H groups in total. The minimum absolute atomic E-state index is 0.0509. The fourth-order valence-electron chi connectivity index (χ4n) is 13.3. The van der Waals surface area contributed by atoms with Gasteiger partial charge in [0.05, 0.1) is 22.7 Å². The Morgan fingerprint density at radius 2 is 0.629 bits per heavy atom. The standard InChI is InChI=1S/C25H26FN3O2.C24H23ClFN3O2.C24H23F2N3O2.C24H25FN4O2/c1-5-24(31)29(4)22-12-10-20(17(3)25(22)26)19-9-11-21(28-15-19)23(30)13-8-18-7-6-16(2)27-14-18;1-4-23(31)29(3)20-10-8-18(15(2)24(20)26)17-7-9-19(27-14-17)21(30)11-5-16-6-12-22(25)28-13-16;1-4-22(31)29(3)20-11-9-18(15(2)23(20)25)17-7-10-19(28-14-17)21(30)12-8-16-6-5-13-27-24(16)26;1-4-23(31)29(3)20-10-8-18(15(2)24(20)25)17-7-9-19(27-14-17)21(30)11-5-16-6-12-22(26)28-13-16/h6-7,9-12,14-15H,5,8,13H2,1-4H3;6-10,12-14H,4-5,11H2,1-3H3;5-7,9-11,13-14H,4,8,12H2,1-3H3;6-10,12-14H,4-5,11H2,1-3H3,(H2,26,28). The maximum atomic E-state index is 14.9. The van der Waals surface area contributed by atoms with Crippen LogP contribution >= 0.6 is 11.6 Å². The number of nitrogens with two attached hydrogens (primary N) is 1. The molecule has 0 atom stereocenters. The first kappa shape index (κ1) is 94.2. The van der Waals surface area contributed by atoms with E-state index in [2.05, 4.69) is 39.9 Å². The molecule has 0 unspecified atom stereocenters. The lowest BCUT2D eigenvalue weighted by Crippen LogP contribution is -2.26. The van der Waals surface area contributed by atoms with Crippen LogP contribution in [0.5, 0.6) is 0 Å². The molecule has 0 radical (unpaired) electrons. The van der Waals surface area contributed by atoms with E-state index in [1.165, 1.54) is 32.0 Å². The van der Waals surface area contributed by atoms with E-state index in [4.69, 9.17) is 17.3 Å². The molecule has 27 heteroatoms. The maximum absolute atomic E-state index is 14.9. The summed E-state index contributed by atoms with van der Waals surface area (Å²) in [4.78, 5) is 136. The first-order valence-corrected chi connectivity index (χ1v) is 40.7. The van der Waals surface area contributed by atoms with Gasteiger partial charge in [0.15, 0.2) is 23.1 Å². The molecule has 21 nitrogen and oxygen atoms in total. The number of amides is 4. The fourth-order valence-corrected chi connectivity index (χ4v) is 13.4. The highest BCUT2D eigenvalue weighted by Gasteiger charge is 2.25. The number of hydrogen-bond donors (Lipinski definition) is 1. The van der Waals surface area contributed by atoms with Crippen molar-refractivity contribution in [2.24, 2.45) is 0 Å². The number of rotatable bonds is 28. The maximum Gasteiger partial charge on any atom is 0.226 e. The smallest absolute Gasteiger partial charge is 0.226 e. The van der Waals surface area contributed by atoms with Gasteiger partial charge < -0.3 is 25.3 Å². The normalized spacial score (nSPS) is 10.7. The van der Waals surface area contributed by atoms with Crippen molar-refractivity contribution in [2.45, 2.75) is 139 Å². The average Bonchev–Trinajstić information content (AvgIpc) is 0.808. The molecule has 124 heavy (non-hydrogen) atoms. The van der Waals surface area contributed by atoms with Gasteiger partial charge in [-0.15, -0.1) is 0 Å². The van der Waals surface area contributed by atoms with E-state index in [-0.39, 0.29) is 94.5 Å². The zero-order valence-electron chi connectivity index (χ0n) is 71.4. The Labute approximate surface area is 723 Å². The number of nitrogen functional groups attached to an aromatic ring is 1. The highest BCUT2D eigenvalue weighted by atomic mass is 35.5. The molecule has 0 aliphatic heterocycles. The quantitative estimate of drug-likeness (QED) is 0.0271. The number of halogens is 6. The Kier molecular flexibility index (Phi) is 33.6. The molecular formula is C97H97ClF5N13O8. The van der Waals surface area contributed by atoms with Crippen molar-refractivity contribution >= 4 is 86.9 Å². The number of carbonyl (C=O) groups is 8. The zero-order valence-corrected chi connectivity index (χ0v) is 72.2. The van der Waals surface area contributed by atoms with Crippen molar-refractivity contribution in [3.8, 4) is 44.5 Å². The number of ketones is 4. The van der Waals surface area contributed by atoms with Crippen molar-refractivity contribution < 1.29 is 60.3 Å². The lowest BCUT2D eigenvalue weighted by Gasteiger charge is -2.19. The fraction of sp³-hybridized carbons (Fsp3) is 0.258. The van der Waals surface area contributed by atoms with E-state index in [1.54, 1.807) is 242 Å². The molecule has 0 spiro atoms. The molecule has 8 heterocycles. The number of pyridine rings is 8. The van der Waals surface area contributed by atoms with Crippen molar-refractivity contribution in [3.05, 3.63) is 303 Å². The van der Waals surface area contributed by atoms with Crippen LogP contribution in [0.15, 0.2) is 195 Å². The average molecular weight is 1700 g/mol. The van der Waals surface area contributed by atoms with Crippen molar-refractivity contribution in [1.29, 1.82) is 0 Å². The van der Waals surface area contributed by atoms with Crippen molar-refractivity contribution in [1.82, 2.24) is 39.9 Å². The van der Waals surface area contributed by atoms with Crippen molar-refractivity contribution in [3.63, 3.8) is 0 Å². The van der Waals surface area contributed by atoms with Crippen LogP contribution in [-0.2, 0) is 44.9 Å². The lowest BCUT2D eigenvalue weighted by atomic mass is 9.99. The number of aromatic nitrogens is 8. The molecule has 0 saturated heterocycles. The third-order valence-electron chi connectivity index (χ3n) is 21.0. The van der Waals surface area contributed by atoms with Gasteiger partial charge in [0.2, 0.25) is 29.6 Å². The first-order chi connectivity index (χ1) is 59.3. The lowest BCUT2D eigenvalue weighted by molar-refractivity contribution is -0.118. The second kappa shape index (κ2) is 44.3. The van der Waals surface area contributed by atoms with E-state index in [1.807, 2.05) is 31.2 Å². The third kappa shape index (κ3) is 24.2. The number of Topliss-reactive ketones (excluding diaryl/α,β-unsaturated/α-hetero) is 4. The summed E-state index contributed by atoms with van der Waals surface area (Å²) in [6.45, 7) is 15.5. The number of nitrogens with zero attached hydrogens (tertiary/aromatic N) is 12. The summed E-state index contributed by atoms with van der Waals surface area (Å²) in [5.74, 6) is -3.03. The van der Waals surface area contributed by atoms with Gasteiger partial charge in [-0.3, -0.25) is 63.3 Å². The van der Waals surface area contributed by atoms with Crippen LogP contribution in [0.25, 0.3) is 44.5 Å². The number of aryl methyl sites for hydroxylation is 5. The van der Waals surface area contributed by atoms with Crippen LogP contribution in [0.1, 0.15) is 171 Å². The molecule has 0 fully saturated rings. The van der Waals surface area contributed by atoms with Gasteiger partial charge in [0, 0.05) is 163 Å². The van der Waals surface area contributed by atoms with Gasteiger partial charge in [-0.1, -0.05) is 112 Å². The zero-order chi connectivity index (χ0) is 90.2. The minimum atomic E-state index is -0.578. The van der Waals surface area contributed by atoms with Crippen LogP contribution in [0.3, 0.4) is 0 Å². The summed E-state index contributed by atoms with van der Waals surface area (Å²) in [6.07, 6.45) is 16.9. The SMILES string of the molecule is CCC(=O)N(C)c1ccc(-c2ccc(C(=O)CCc3ccc(C)nc3)nc2)c(C)c1F.CCC(=O)N(C)c1ccc(-c2ccc(C(=O)CCc3ccc(Cl)nc3)nc2)c(C)c1F.CCC(=O)N(C)c1ccc(-c2ccc(C(=O)CCc3ccc(N)nc3)nc2)c(C)c1F.CCC(=O)N(C)c1ccc(-c2ccc(C(=O)CCc3cccnc3F)nc2)c(C)c1F. The van der Waals surface area contributed by atoms with E-state index in [9.17, 15) is 60.3 Å². The largest absolute Gasteiger partial charge is 0.384 e. The van der Waals surface area contributed by atoms with Crippen LogP contribution in [0.2, 0.25) is 5.15 Å². The van der Waals surface area contributed by atoms with Gasteiger partial charge in [0.25, 0.3) is 0 Å². The topological polar surface area (TPSA) is 279 Å². The van der Waals surface area contributed by atoms with Crippen LogP contribution < -0.4 is 25.3 Å². The van der Waals surface area contributed by atoms with Crippen LogP contribution in [0.4, 0.5) is 50.5 Å². The summed E-state index contributed by atoms with van der Waals surface area (Å²) in [5, 5.41) is 0.413. The van der Waals surface area contributed by atoms with Gasteiger partial charge >= 0.3 is 0 Å². The van der Waals surface area contributed by atoms with Crippen molar-refractivity contribution in [2.75, 3.05) is 53.5 Å². The Morgan fingerprint density at radius 1 is 0.331 bits per heavy atom. The summed E-state index contributed by atoms with van der Waals surface area (Å²) >= 11 is 5.77. The van der Waals surface area contributed by atoms with Gasteiger partial charge in [-0.05, 0) is 194 Å². The molecule has 8 aromatic heterocycles. The summed E-state index contributed by atoms with van der Waals surface area (Å²) in [6, 6.07) is 41.1. The predicted molar refractivity (Wildman–Crippen MR) is 474 cm³/mol. The Bertz CT molecular complexity index is 5410. The van der Waals surface area contributed by atoms with Crippen LogP contribution in [-0.4, -0.2) is 115 Å². The molecule has 0 saturated carbocycles. The highest BCUT2D eigenvalue weighted by molar-refractivity contribution is 6.29. The molecule has 0 aliphatic carbocycles. The van der Waals surface area contributed by atoms with E-state index >= 15 is 0 Å². The highest BCUT2D eigenvalue weighted by Crippen LogP contribution is 2.36. The van der Waals surface area contributed by atoms with E-state index < -0.39 is 29.2 Å². The van der Waals surface area contributed by atoms with E-state index in [0.717, 1.165) is 22.4 Å². The molecule has 4 aromatic carbocycles. The molecular weight excluding hydrogens is 1610 g/mol. The Balaban J connectivity index is 0.000000187. The summed E-state index contributed by atoms with van der Waals surface area (Å²) < 4.78 is 73.2. The third-order valence-corrected chi connectivity index (χ3v) is 21.3. The molecule has 0 bridgehead atoms. The molecule has 0 aliphatic rings. The summed E-state index contributed by atoms with van der Waals surface area (Å²) in [5.41, 5.74) is 19.1. The summed E-state index contributed by atoms with van der Waals surface area (Å²) in [7, 11) is 6.23. The number of carbonyl (C=O) groups excluding carboxylic acids is 8. The van der Waals surface area contributed by atoms with Crippen LogP contribution in [0, 0.1) is 63.8 Å². The first-order valence-electron chi connectivity index (χ1n) is 40.3. The van der Waals surface area contributed by atoms with Gasteiger partial charge in [-0.2, -0.15) is 4.39 Å². The van der Waals surface area contributed by atoms with E-state index in [0.29, 0.717) is 158 Å². The monoisotopic (exact) mass is 1700 g/mol. The second-order valence-corrected chi connectivity index (χ2v) is 29.7. The molecule has 12 aromatic rings. The molecule has 4 amide bonds. The minimum Gasteiger partial charge on any atom is -0.384 e. The predicted octanol–water partition coefficient (Wildman–Crippen LogP) is 19.8. The Morgan fingerprint density at radius 3 is 0.887 bits per heavy atom. The Hall–Kier alpha value is -13.6. The molecule has 640 valence electrons. The van der Waals surface area contributed by atoms with Gasteiger partial charge in [0.1, 0.15) is 57.0 Å². The van der Waals surface area contributed by atoms with Gasteiger partial charge in [-0.25, -0.2) is 32.5 Å². The number of hydrogen-bond acceptors (Lipinski definition) is 17. The number of benzene rings is 4. The second-order valence-electron chi connectivity index (χ2n) is 29.3. The number of anilines is 5. The molecule has 12 rings (SSSR count).